The lowest BCUT2D eigenvalue weighted by atomic mass is 9.59. The predicted octanol–water partition coefficient (Wildman–Crippen LogP) is 7.44. The van der Waals surface area contributed by atoms with Gasteiger partial charge in [-0.3, -0.25) is 24.5 Å². The Morgan fingerprint density at radius 2 is 1.00 bits per heavy atom. The summed E-state index contributed by atoms with van der Waals surface area (Å²) in [6.45, 7) is 0. The molecule has 1 heterocycles. The zero-order valence-electron chi connectivity index (χ0n) is 24.7. The summed E-state index contributed by atoms with van der Waals surface area (Å²) in [5.74, 6) is -3.83. The van der Waals surface area contributed by atoms with Gasteiger partial charge in [0, 0.05) is 12.1 Å². The molecule has 0 unspecified atom stereocenters. The second kappa shape index (κ2) is 10.4. The van der Waals surface area contributed by atoms with Gasteiger partial charge >= 0.3 is 0 Å². The van der Waals surface area contributed by atoms with E-state index in [1.54, 1.807) is 0 Å². The van der Waals surface area contributed by atoms with Gasteiger partial charge in [0.25, 0.3) is 5.69 Å². The van der Waals surface area contributed by atoms with Crippen LogP contribution in [0.25, 0.3) is 11.1 Å². The van der Waals surface area contributed by atoms with E-state index in [1.807, 2.05) is 121 Å². The minimum Gasteiger partial charge on any atom is -0.297 e. The van der Waals surface area contributed by atoms with Crippen molar-refractivity contribution in [2.75, 3.05) is 4.90 Å². The zero-order chi connectivity index (χ0) is 32.5. The molecule has 5 aromatic rings. The SMILES string of the molecule is O=C1[C@@H]2[C@H](C(=O)N1c1cc([N+](=O)[O-])ccc1Cl)[C@]1(c3ccccc3)C(=O)[C@@]2(c2ccccc2)C(c2ccccc2)=C1c1ccccc1. The molecule has 3 aliphatic rings. The molecule has 8 rings (SSSR count). The molecule has 8 heteroatoms. The van der Waals surface area contributed by atoms with Gasteiger partial charge in [-0.1, -0.05) is 133 Å². The van der Waals surface area contributed by atoms with Crippen molar-refractivity contribution in [3.8, 4) is 0 Å². The number of ketones is 1. The summed E-state index contributed by atoms with van der Waals surface area (Å²) in [7, 11) is 0. The third-order valence-electron chi connectivity index (χ3n) is 9.96. The van der Waals surface area contributed by atoms with Crippen LogP contribution in [0, 0.1) is 22.0 Å². The molecular weight excluding hydrogens is 612 g/mol. The maximum Gasteiger partial charge on any atom is 0.271 e. The minimum atomic E-state index is -1.58. The number of amides is 2. The normalized spacial score (nSPS) is 24.6. The average molecular weight is 637 g/mol. The minimum absolute atomic E-state index is 0.0120. The van der Waals surface area contributed by atoms with E-state index in [0.717, 1.165) is 22.1 Å². The first-order chi connectivity index (χ1) is 22.8. The Morgan fingerprint density at radius 3 is 1.40 bits per heavy atom. The molecule has 2 amide bonds. The van der Waals surface area contributed by atoms with E-state index in [0.29, 0.717) is 22.3 Å². The van der Waals surface area contributed by atoms with Crippen molar-refractivity contribution in [1.82, 2.24) is 0 Å². The first-order valence-corrected chi connectivity index (χ1v) is 15.6. The van der Waals surface area contributed by atoms with Crippen LogP contribution in [0.15, 0.2) is 140 Å². The van der Waals surface area contributed by atoms with Crippen LogP contribution in [-0.2, 0) is 25.2 Å². The van der Waals surface area contributed by atoms with E-state index in [9.17, 15) is 10.1 Å². The second-order valence-electron chi connectivity index (χ2n) is 12.0. The summed E-state index contributed by atoms with van der Waals surface area (Å²) in [4.78, 5) is 58.1. The van der Waals surface area contributed by atoms with Gasteiger partial charge in [0.15, 0.2) is 5.78 Å². The summed E-state index contributed by atoms with van der Waals surface area (Å²) < 4.78 is 0. The highest BCUT2D eigenvalue weighted by Crippen LogP contribution is 2.74. The summed E-state index contributed by atoms with van der Waals surface area (Å²) in [5.41, 5.74) is 0.477. The number of rotatable bonds is 6. The highest BCUT2D eigenvalue weighted by molar-refractivity contribution is 6.41. The number of nitro groups is 1. The van der Waals surface area contributed by atoms with Crippen LogP contribution in [0.4, 0.5) is 11.4 Å². The van der Waals surface area contributed by atoms with E-state index in [4.69, 9.17) is 11.6 Å². The molecule has 1 saturated heterocycles. The summed E-state index contributed by atoms with van der Waals surface area (Å²) in [6, 6.07) is 41.1. The number of hydrogen-bond donors (Lipinski definition) is 0. The number of benzene rings is 5. The molecule has 4 atom stereocenters. The molecule has 228 valence electrons. The van der Waals surface area contributed by atoms with Crippen molar-refractivity contribution in [2.24, 2.45) is 11.8 Å². The van der Waals surface area contributed by atoms with Crippen molar-refractivity contribution >= 4 is 51.7 Å². The van der Waals surface area contributed by atoms with E-state index >= 15 is 14.4 Å². The Morgan fingerprint density at radius 1 is 0.596 bits per heavy atom. The smallest absolute Gasteiger partial charge is 0.271 e. The van der Waals surface area contributed by atoms with Gasteiger partial charge in [-0.15, -0.1) is 0 Å². The number of non-ortho nitro benzene ring substituents is 1. The number of imide groups is 1. The highest BCUT2D eigenvalue weighted by atomic mass is 35.5. The number of Topliss-reactive ketones (excluding diaryl/α,β-unsaturated/α-hetero) is 1. The maximum absolute atomic E-state index is 15.9. The van der Waals surface area contributed by atoms with Crippen LogP contribution in [0.5, 0.6) is 0 Å². The average Bonchev–Trinajstić information content (AvgIpc) is 3.62. The molecule has 2 bridgehead atoms. The summed E-state index contributed by atoms with van der Waals surface area (Å²) in [6.07, 6.45) is 0. The fraction of sp³-hybridized carbons (Fsp3) is 0.103. The predicted molar refractivity (Wildman–Crippen MR) is 179 cm³/mol. The molecular formula is C39H25ClN2O5. The van der Waals surface area contributed by atoms with Gasteiger partial charge < -0.3 is 0 Å². The highest BCUT2D eigenvalue weighted by Gasteiger charge is 2.82. The second-order valence-corrected chi connectivity index (χ2v) is 12.4. The molecule has 1 saturated carbocycles. The quantitative estimate of drug-likeness (QED) is 0.110. The molecule has 5 aromatic carbocycles. The van der Waals surface area contributed by atoms with Gasteiger partial charge in [-0.05, 0) is 39.5 Å². The van der Waals surface area contributed by atoms with Gasteiger partial charge in [0.2, 0.25) is 11.8 Å². The molecule has 2 aliphatic carbocycles. The Hall–Kier alpha value is -5.66. The molecule has 7 nitrogen and oxygen atoms in total. The number of allylic oxidation sites excluding steroid dienone is 2. The van der Waals surface area contributed by atoms with Crippen molar-refractivity contribution in [1.29, 1.82) is 0 Å². The molecule has 0 N–H and O–H groups in total. The lowest BCUT2D eigenvalue weighted by Crippen LogP contribution is -2.45. The zero-order valence-corrected chi connectivity index (χ0v) is 25.5. The molecule has 0 aromatic heterocycles. The number of nitrogens with zero attached hydrogens (tertiary/aromatic N) is 2. The van der Waals surface area contributed by atoms with E-state index in [-0.39, 0.29) is 22.2 Å². The van der Waals surface area contributed by atoms with Crippen LogP contribution in [0.2, 0.25) is 5.02 Å². The third kappa shape index (κ3) is 3.66. The summed E-state index contributed by atoms with van der Waals surface area (Å²) in [5, 5.41) is 11.8. The van der Waals surface area contributed by atoms with Gasteiger partial charge in [0.1, 0.15) is 0 Å². The monoisotopic (exact) mass is 636 g/mol. The van der Waals surface area contributed by atoms with E-state index in [1.165, 1.54) is 12.1 Å². The molecule has 1 aliphatic heterocycles. The number of carbonyl (C=O) groups is 3. The Labute approximate surface area is 274 Å². The van der Waals surface area contributed by atoms with Gasteiger partial charge in [-0.25, -0.2) is 4.90 Å². The fourth-order valence-corrected chi connectivity index (χ4v) is 8.56. The number of hydrogen-bond acceptors (Lipinski definition) is 5. The number of halogens is 1. The molecule has 0 radical (unpaired) electrons. The first kappa shape index (κ1) is 28.8. The maximum atomic E-state index is 15.9. The van der Waals surface area contributed by atoms with E-state index in [2.05, 4.69) is 0 Å². The number of carbonyl (C=O) groups excluding carboxylic acids is 3. The van der Waals surface area contributed by atoms with Crippen molar-refractivity contribution < 1.29 is 19.3 Å². The molecule has 47 heavy (non-hydrogen) atoms. The van der Waals surface area contributed by atoms with E-state index < -0.39 is 39.4 Å². The molecule has 2 fully saturated rings. The first-order valence-electron chi connectivity index (χ1n) is 15.2. The van der Waals surface area contributed by atoms with Crippen LogP contribution in [0.3, 0.4) is 0 Å². The lowest BCUT2D eigenvalue weighted by molar-refractivity contribution is -0.384. The number of fused-ring (bicyclic) bond motifs is 5. The standard InChI is InChI=1S/C39H25ClN2O5/c40-29-22-21-28(42(46)47)23-30(29)41-35(43)33-34(36(41)44)39(27-19-11-4-12-20-27)32(25-15-7-2-8-16-25)31(24-13-5-1-6-14-24)38(33,37(39)45)26-17-9-3-10-18-26/h1-23,33-34H/t33-,34+,38-,39+. The van der Waals surface area contributed by atoms with Gasteiger partial charge in [-0.2, -0.15) is 0 Å². The summed E-state index contributed by atoms with van der Waals surface area (Å²) >= 11 is 6.59. The van der Waals surface area contributed by atoms with Crippen LogP contribution < -0.4 is 4.90 Å². The Kier molecular flexibility index (Phi) is 6.39. The van der Waals surface area contributed by atoms with Crippen LogP contribution in [-0.4, -0.2) is 22.5 Å². The molecule has 0 spiro atoms. The fourth-order valence-electron chi connectivity index (χ4n) is 8.36. The largest absolute Gasteiger partial charge is 0.297 e. The Bertz CT molecular complexity index is 2030. The number of anilines is 1. The topological polar surface area (TPSA) is 97.6 Å². The van der Waals surface area contributed by atoms with Crippen molar-refractivity contribution in [3.05, 3.63) is 177 Å². The van der Waals surface area contributed by atoms with Gasteiger partial charge in [0.05, 0.1) is 38.3 Å². The van der Waals surface area contributed by atoms with Crippen molar-refractivity contribution in [3.63, 3.8) is 0 Å². The van der Waals surface area contributed by atoms with Crippen LogP contribution >= 0.6 is 11.6 Å². The lowest BCUT2D eigenvalue weighted by Gasteiger charge is -2.39. The van der Waals surface area contributed by atoms with Crippen molar-refractivity contribution in [2.45, 2.75) is 10.8 Å². The Balaban J connectivity index is 1.54. The van der Waals surface area contributed by atoms with Crippen LogP contribution in [0.1, 0.15) is 22.3 Å². The number of nitro benzene ring substituents is 1. The third-order valence-corrected chi connectivity index (χ3v) is 10.3.